The van der Waals surface area contributed by atoms with Crippen LogP contribution in [-0.2, 0) is 10.2 Å². The maximum Gasteiger partial charge on any atom is 0.278 e. The number of rotatable bonds is 3. The van der Waals surface area contributed by atoms with Gasteiger partial charge in [-0.25, -0.2) is 0 Å². The van der Waals surface area contributed by atoms with Gasteiger partial charge in [-0.1, -0.05) is 0 Å². The fourth-order valence-electron chi connectivity index (χ4n) is 1.92. The largest absolute Gasteiger partial charge is 0.306 e. The highest BCUT2D eigenvalue weighted by atomic mass is 32.2. The van der Waals surface area contributed by atoms with E-state index in [0.29, 0.717) is 25.9 Å². The summed E-state index contributed by atoms with van der Waals surface area (Å²) < 4.78 is 29.0. The number of nitriles is 1. The molecule has 1 rings (SSSR count). The Balaban J connectivity index is 2.78. The van der Waals surface area contributed by atoms with Gasteiger partial charge < -0.3 is 4.90 Å². The lowest BCUT2D eigenvalue weighted by Gasteiger charge is -2.36. The Bertz CT molecular complexity index is 425. The van der Waals surface area contributed by atoms with Crippen molar-refractivity contribution in [3.63, 3.8) is 0 Å². The molecule has 0 spiro atoms. The Morgan fingerprint density at radius 1 is 1.28 bits per heavy atom. The van der Waals surface area contributed by atoms with Crippen LogP contribution in [0.4, 0.5) is 0 Å². The lowest BCUT2D eigenvalue weighted by atomic mass is 9.91. The maximum atomic E-state index is 12.0. The third kappa shape index (κ3) is 4.53. The third-order valence-electron chi connectivity index (χ3n) is 2.82. The zero-order chi connectivity index (χ0) is 14.0. The number of piperidine rings is 1. The van der Waals surface area contributed by atoms with Gasteiger partial charge in [-0.2, -0.15) is 23.1 Å². The Kier molecular flexibility index (Phi) is 4.38. The minimum atomic E-state index is -3.67. The third-order valence-corrected chi connectivity index (χ3v) is 4.37. The molecule has 1 heterocycles. The Labute approximate surface area is 110 Å². The van der Waals surface area contributed by atoms with E-state index >= 15 is 0 Å². The first-order valence-electron chi connectivity index (χ1n) is 6.00. The summed E-state index contributed by atoms with van der Waals surface area (Å²) in [6, 6.07) is 2.12. The molecule has 1 saturated heterocycles. The highest BCUT2D eigenvalue weighted by Crippen LogP contribution is 2.21. The van der Waals surface area contributed by atoms with Crippen LogP contribution in [0.1, 0.15) is 33.6 Å². The van der Waals surface area contributed by atoms with Crippen LogP contribution in [0.15, 0.2) is 0 Å². The van der Waals surface area contributed by atoms with Gasteiger partial charge in [-0.15, -0.1) is 0 Å². The van der Waals surface area contributed by atoms with E-state index in [1.165, 1.54) is 0 Å². The first kappa shape index (κ1) is 15.4. The van der Waals surface area contributed by atoms with Crippen molar-refractivity contribution in [1.82, 2.24) is 14.3 Å². The summed E-state index contributed by atoms with van der Waals surface area (Å²) in [4.78, 5) is 2.08. The second kappa shape index (κ2) is 5.13. The molecule has 0 unspecified atom stereocenters. The first-order chi connectivity index (χ1) is 8.08. The van der Waals surface area contributed by atoms with Crippen LogP contribution in [0, 0.1) is 11.3 Å². The number of nitrogens with one attached hydrogen (secondary N) is 2. The van der Waals surface area contributed by atoms with Crippen LogP contribution in [0.25, 0.3) is 0 Å². The monoisotopic (exact) mass is 274 g/mol. The summed E-state index contributed by atoms with van der Waals surface area (Å²) in [7, 11) is -1.71. The van der Waals surface area contributed by atoms with Gasteiger partial charge in [0.05, 0.1) is 6.07 Å². The predicted octanol–water partition coefficient (Wildman–Crippen LogP) is 0.197. The number of hydrogen-bond acceptors (Lipinski definition) is 4. The molecule has 0 saturated carbocycles. The SMILES string of the molecule is CN1CCC(C#N)(NS(=O)(=O)NC(C)(C)C)CC1. The average molecular weight is 274 g/mol. The van der Waals surface area contributed by atoms with Crippen molar-refractivity contribution in [3.05, 3.63) is 0 Å². The van der Waals surface area contributed by atoms with Gasteiger partial charge in [0.15, 0.2) is 0 Å². The predicted molar refractivity (Wildman–Crippen MR) is 70.0 cm³/mol. The lowest BCUT2D eigenvalue weighted by Crippen LogP contribution is -2.58. The highest BCUT2D eigenvalue weighted by Gasteiger charge is 2.38. The van der Waals surface area contributed by atoms with Gasteiger partial charge >= 0.3 is 0 Å². The molecule has 0 aromatic carbocycles. The van der Waals surface area contributed by atoms with Gasteiger partial charge in [0.25, 0.3) is 10.2 Å². The van der Waals surface area contributed by atoms with Crippen molar-refractivity contribution in [2.75, 3.05) is 20.1 Å². The molecule has 0 atom stereocenters. The standard InChI is InChI=1S/C11H22N4O2S/c1-10(2,3)13-18(16,17)14-11(9-12)5-7-15(4)8-6-11/h13-14H,5-8H2,1-4H3. The van der Waals surface area contributed by atoms with Crippen LogP contribution in [-0.4, -0.2) is 44.5 Å². The molecule has 1 aliphatic heterocycles. The minimum absolute atomic E-state index is 0.505. The minimum Gasteiger partial charge on any atom is -0.306 e. The molecular weight excluding hydrogens is 252 g/mol. The Morgan fingerprint density at radius 3 is 2.17 bits per heavy atom. The van der Waals surface area contributed by atoms with E-state index in [1.807, 2.05) is 7.05 Å². The van der Waals surface area contributed by atoms with Gasteiger partial charge in [0.2, 0.25) is 0 Å². The molecule has 0 aromatic heterocycles. The quantitative estimate of drug-likeness (QED) is 0.769. The molecule has 7 heteroatoms. The summed E-state index contributed by atoms with van der Waals surface area (Å²) in [6.45, 7) is 6.72. The van der Waals surface area contributed by atoms with Crippen molar-refractivity contribution < 1.29 is 8.42 Å². The zero-order valence-electron chi connectivity index (χ0n) is 11.4. The normalized spacial score (nSPS) is 21.5. The van der Waals surface area contributed by atoms with Crippen molar-refractivity contribution in [2.45, 2.75) is 44.7 Å². The summed E-state index contributed by atoms with van der Waals surface area (Å²) in [5, 5.41) is 9.27. The fourth-order valence-corrected chi connectivity index (χ4v) is 3.54. The Morgan fingerprint density at radius 2 is 1.78 bits per heavy atom. The van der Waals surface area contributed by atoms with E-state index in [2.05, 4.69) is 20.4 Å². The second-order valence-corrected chi connectivity index (χ2v) is 7.37. The molecule has 1 fully saturated rings. The highest BCUT2D eigenvalue weighted by molar-refractivity contribution is 7.87. The number of likely N-dealkylation sites (tertiary alicyclic amines) is 1. The fraction of sp³-hybridized carbons (Fsp3) is 0.909. The number of hydrogen-bond donors (Lipinski definition) is 2. The van der Waals surface area contributed by atoms with Crippen molar-refractivity contribution in [3.8, 4) is 6.07 Å². The molecule has 1 aliphatic rings. The van der Waals surface area contributed by atoms with E-state index in [-0.39, 0.29) is 0 Å². The van der Waals surface area contributed by atoms with E-state index < -0.39 is 21.3 Å². The second-order valence-electron chi connectivity index (χ2n) is 5.95. The topological polar surface area (TPSA) is 85.2 Å². The summed E-state index contributed by atoms with van der Waals surface area (Å²) in [6.07, 6.45) is 1.01. The van der Waals surface area contributed by atoms with Crippen LogP contribution < -0.4 is 9.44 Å². The van der Waals surface area contributed by atoms with Crippen molar-refractivity contribution in [1.29, 1.82) is 5.26 Å². The van der Waals surface area contributed by atoms with Crippen molar-refractivity contribution in [2.24, 2.45) is 0 Å². The zero-order valence-corrected chi connectivity index (χ0v) is 12.3. The molecule has 0 radical (unpaired) electrons. The molecule has 2 N–H and O–H groups in total. The lowest BCUT2D eigenvalue weighted by molar-refractivity contribution is 0.212. The molecular formula is C11H22N4O2S. The molecule has 0 amide bonds. The van der Waals surface area contributed by atoms with Crippen LogP contribution >= 0.6 is 0 Å². The van der Waals surface area contributed by atoms with Gasteiger partial charge in [0.1, 0.15) is 5.54 Å². The van der Waals surface area contributed by atoms with Crippen LogP contribution in [0.5, 0.6) is 0 Å². The molecule has 18 heavy (non-hydrogen) atoms. The van der Waals surface area contributed by atoms with E-state index in [4.69, 9.17) is 0 Å². The van der Waals surface area contributed by atoms with Crippen LogP contribution in [0.2, 0.25) is 0 Å². The first-order valence-corrected chi connectivity index (χ1v) is 7.49. The number of nitrogens with zero attached hydrogens (tertiary/aromatic N) is 2. The molecule has 0 bridgehead atoms. The summed E-state index contributed by atoms with van der Waals surface area (Å²) >= 11 is 0. The maximum absolute atomic E-state index is 12.0. The average Bonchev–Trinajstić information content (AvgIpc) is 2.18. The Hall–Kier alpha value is -0.680. The summed E-state index contributed by atoms with van der Waals surface area (Å²) in [5.41, 5.74) is -1.54. The van der Waals surface area contributed by atoms with E-state index in [0.717, 1.165) is 0 Å². The van der Waals surface area contributed by atoms with Gasteiger partial charge in [-0.05, 0) is 40.7 Å². The van der Waals surface area contributed by atoms with E-state index in [1.54, 1.807) is 20.8 Å². The molecule has 0 aromatic rings. The molecule has 6 nitrogen and oxygen atoms in total. The van der Waals surface area contributed by atoms with Gasteiger partial charge in [0, 0.05) is 18.6 Å². The van der Waals surface area contributed by atoms with Gasteiger partial charge in [-0.3, -0.25) is 0 Å². The molecule has 0 aliphatic carbocycles. The van der Waals surface area contributed by atoms with Crippen LogP contribution in [0.3, 0.4) is 0 Å². The smallest absolute Gasteiger partial charge is 0.278 e. The van der Waals surface area contributed by atoms with E-state index in [9.17, 15) is 13.7 Å². The summed E-state index contributed by atoms with van der Waals surface area (Å²) in [5.74, 6) is 0. The molecule has 104 valence electrons. The van der Waals surface area contributed by atoms with Crippen molar-refractivity contribution >= 4 is 10.2 Å².